The maximum absolute atomic E-state index is 8.25. The quantitative estimate of drug-likeness (QED) is 0.406. The summed E-state index contributed by atoms with van der Waals surface area (Å²) in [5.74, 6) is 0. The van der Waals surface area contributed by atoms with Gasteiger partial charge in [0, 0.05) is 6.61 Å². The van der Waals surface area contributed by atoms with Gasteiger partial charge in [-0.15, -0.1) is 0 Å². The summed E-state index contributed by atoms with van der Waals surface area (Å²) in [6.07, 6.45) is 3.75. The molecule has 0 amide bonds. The van der Waals surface area contributed by atoms with Crippen molar-refractivity contribution < 1.29 is 5.11 Å². The van der Waals surface area contributed by atoms with Gasteiger partial charge in [-0.3, -0.25) is 0 Å². The molecule has 2 radical (unpaired) electrons. The van der Waals surface area contributed by atoms with E-state index in [4.69, 9.17) is 13.0 Å². The minimum Gasteiger partial charge on any atom is -0.396 e. The third-order valence-electron chi connectivity index (χ3n) is 0.862. The molecule has 0 saturated heterocycles. The molecule has 40 valence electrons. The van der Waals surface area contributed by atoms with Gasteiger partial charge in [0.25, 0.3) is 0 Å². The molecule has 1 N–H and O–H groups in total. The van der Waals surface area contributed by atoms with Crippen LogP contribution in [-0.4, -0.2) is 19.6 Å². The molecule has 0 bridgehead atoms. The lowest BCUT2D eigenvalue weighted by molar-refractivity contribution is 0.284. The monoisotopic (exact) mass is 98.1 g/mol. The second-order valence-electron chi connectivity index (χ2n) is 1.57. The summed E-state index contributed by atoms with van der Waals surface area (Å²) in [6, 6.07) is 0. The molecule has 7 heavy (non-hydrogen) atoms. The average molecular weight is 98.0 g/mol. The van der Waals surface area contributed by atoms with Gasteiger partial charge in [-0.1, -0.05) is 19.2 Å². The fourth-order valence-corrected chi connectivity index (χ4v) is 0.433. The highest BCUT2D eigenvalue weighted by Crippen LogP contribution is 1.95. The molecule has 0 unspecified atom stereocenters. The maximum atomic E-state index is 8.25. The second-order valence-corrected chi connectivity index (χ2v) is 1.57. The fourth-order valence-electron chi connectivity index (χ4n) is 0.433. The molecule has 0 aromatic heterocycles. The minimum atomic E-state index is 0.306. The highest BCUT2D eigenvalue weighted by molar-refractivity contribution is 6.08. The van der Waals surface area contributed by atoms with Crippen LogP contribution in [0.5, 0.6) is 0 Å². The number of hydrogen-bond acceptors (Lipinski definition) is 1. The maximum Gasteiger partial charge on any atom is 0.0653 e. The molecule has 0 saturated carbocycles. The van der Waals surface area contributed by atoms with Crippen LogP contribution >= 0.6 is 0 Å². The molecule has 0 aliphatic heterocycles. The normalized spacial score (nSPS) is 9.29. The van der Waals surface area contributed by atoms with Gasteiger partial charge in [0.1, 0.15) is 0 Å². The molecule has 0 rings (SSSR count). The molecule has 0 aromatic rings. The van der Waals surface area contributed by atoms with E-state index >= 15 is 0 Å². The van der Waals surface area contributed by atoms with Crippen LogP contribution in [0, 0.1) is 0 Å². The van der Waals surface area contributed by atoms with Crippen molar-refractivity contribution in [2.45, 2.75) is 25.6 Å². The van der Waals surface area contributed by atoms with E-state index in [-0.39, 0.29) is 0 Å². The van der Waals surface area contributed by atoms with E-state index in [9.17, 15) is 0 Å². The van der Waals surface area contributed by atoms with Gasteiger partial charge < -0.3 is 5.11 Å². The van der Waals surface area contributed by atoms with Crippen LogP contribution in [0.2, 0.25) is 6.32 Å². The molecule has 0 fully saturated rings. The summed E-state index contributed by atoms with van der Waals surface area (Å²) in [6.45, 7) is 0.306. The molecule has 0 aliphatic rings. The Morgan fingerprint density at radius 1 is 1.14 bits per heavy atom. The van der Waals surface area contributed by atoms with E-state index in [0.717, 1.165) is 25.6 Å². The Morgan fingerprint density at radius 3 is 2.29 bits per heavy atom. The van der Waals surface area contributed by atoms with Crippen LogP contribution in [0.15, 0.2) is 0 Å². The lowest BCUT2D eigenvalue weighted by atomic mass is 10.00. The van der Waals surface area contributed by atoms with E-state index in [1.165, 1.54) is 0 Å². The summed E-state index contributed by atoms with van der Waals surface area (Å²) in [4.78, 5) is 0. The van der Waals surface area contributed by atoms with Gasteiger partial charge in [0.2, 0.25) is 0 Å². The molecule has 0 aromatic carbocycles. The Balaban J connectivity index is 2.45. The largest absolute Gasteiger partial charge is 0.396 e. The van der Waals surface area contributed by atoms with Gasteiger partial charge in [-0.25, -0.2) is 0 Å². The first-order chi connectivity index (χ1) is 3.41. The van der Waals surface area contributed by atoms with E-state index in [1.54, 1.807) is 0 Å². The third-order valence-corrected chi connectivity index (χ3v) is 0.862. The average Bonchev–Trinajstić information content (AvgIpc) is 1.69. The summed E-state index contributed by atoms with van der Waals surface area (Å²) in [5, 5.41) is 8.25. The number of unbranched alkanes of at least 4 members (excludes halogenated alkanes) is 2. The molecule has 1 nitrogen and oxygen atoms in total. The molecule has 2 heteroatoms. The first-order valence-corrected chi connectivity index (χ1v) is 2.72. The van der Waals surface area contributed by atoms with E-state index < -0.39 is 0 Å². The van der Waals surface area contributed by atoms with Crippen molar-refractivity contribution in [3.05, 3.63) is 0 Å². The molecular formula is C5H11BO. The number of aliphatic hydroxyl groups is 1. The number of rotatable bonds is 4. The van der Waals surface area contributed by atoms with Crippen molar-refractivity contribution in [3.63, 3.8) is 0 Å². The number of aliphatic hydroxyl groups excluding tert-OH is 1. The standard InChI is InChI=1S/C5H11BO/c6-4-2-1-3-5-7/h7H,1-5H2. The first kappa shape index (κ1) is 7.02. The first-order valence-electron chi connectivity index (χ1n) is 2.72. The molecule has 0 aliphatic carbocycles. The Bertz CT molecular complexity index is 27.3. The van der Waals surface area contributed by atoms with Crippen molar-refractivity contribution in [1.82, 2.24) is 0 Å². The fraction of sp³-hybridized carbons (Fsp3) is 1.00. The van der Waals surface area contributed by atoms with Crippen molar-refractivity contribution in [1.29, 1.82) is 0 Å². The van der Waals surface area contributed by atoms with Crippen LogP contribution < -0.4 is 0 Å². The van der Waals surface area contributed by atoms with Gasteiger partial charge >= 0.3 is 0 Å². The van der Waals surface area contributed by atoms with Crippen LogP contribution in [0.4, 0.5) is 0 Å². The Morgan fingerprint density at radius 2 is 1.86 bits per heavy atom. The van der Waals surface area contributed by atoms with Gasteiger partial charge in [0.15, 0.2) is 0 Å². The van der Waals surface area contributed by atoms with Crippen molar-refractivity contribution >= 4 is 7.85 Å². The van der Waals surface area contributed by atoms with E-state index in [0.29, 0.717) is 6.61 Å². The van der Waals surface area contributed by atoms with Crippen LogP contribution in [0.25, 0.3) is 0 Å². The summed E-state index contributed by atoms with van der Waals surface area (Å²) in [7, 11) is 5.19. The Kier molecular flexibility index (Phi) is 6.05. The third kappa shape index (κ3) is 6.02. The van der Waals surface area contributed by atoms with Crippen LogP contribution in [-0.2, 0) is 0 Å². The SMILES string of the molecule is [B]CCCCCO. The molecular weight excluding hydrogens is 86.9 g/mol. The molecule has 0 spiro atoms. The predicted molar refractivity (Wildman–Crippen MR) is 31.5 cm³/mol. The van der Waals surface area contributed by atoms with Gasteiger partial charge in [-0.2, -0.15) is 0 Å². The zero-order chi connectivity index (χ0) is 5.54. The summed E-state index contributed by atoms with van der Waals surface area (Å²) >= 11 is 0. The van der Waals surface area contributed by atoms with Crippen molar-refractivity contribution in [2.75, 3.05) is 6.61 Å². The lowest BCUT2D eigenvalue weighted by Crippen LogP contribution is -1.81. The predicted octanol–water partition coefficient (Wildman–Crippen LogP) is 0.736. The molecule has 0 atom stereocenters. The highest BCUT2D eigenvalue weighted by Gasteiger charge is 1.80. The zero-order valence-electron chi connectivity index (χ0n) is 4.56. The summed E-state index contributed by atoms with van der Waals surface area (Å²) < 4.78 is 0. The van der Waals surface area contributed by atoms with Gasteiger partial charge in [0.05, 0.1) is 7.85 Å². The Labute approximate surface area is 46.1 Å². The topological polar surface area (TPSA) is 20.2 Å². The van der Waals surface area contributed by atoms with Crippen molar-refractivity contribution in [3.8, 4) is 0 Å². The summed E-state index contributed by atoms with van der Waals surface area (Å²) in [5.41, 5.74) is 0. The van der Waals surface area contributed by atoms with E-state index in [2.05, 4.69) is 0 Å². The van der Waals surface area contributed by atoms with Crippen LogP contribution in [0.1, 0.15) is 19.3 Å². The lowest BCUT2D eigenvalue weighted by Gasteiger charge is -1.90. The smallest absolute Gasteiger partial charge is 0.0653 e. The molecule has 0 heterocycles. The van der Waals surface area contributed by atoms with Crippen molar-refractivity contribution in [2.24, 2.45) is 0 Å². The second kappa shape index (κ2) is 6.02. The van der Waals surface area contributed by atoms with E-state index in [1.807, 2.05) is 0 Å². The zero-order valence-corrected chi connectivity index (χ0v) is 4.56. The number of hydrogen-bond donors (Lipinski definition) is 1. The Hall–Kier alpha value is 0.0249. The minimum absolute atomic E-state index is 0.306. The highest BCUT2D eigenvalue weighted by atomic mass is 16.2. The van der Waals surface area contributed by atoms with Gasteiger partial charge in [-0.05, 0) is 6.42 Å². The van der Waals surface area contributed by atoms with Crippen LogP contribution in [0.3, 0.4) is 0 Å².